The molecule has 0 bridgehead atoms. The Balaban J connectivity index is 1.53. The molecule has 0 aliphatic heterocycles. The molecular formula is C17H21NO3. The maximum absolute atomic E-state index is 5.80. The molecule has 0 unspecified atom stereocenters. The first-order chi connectivity index (χ1) is 10.3. The Kier molecular flexibility index (Phi) is 4.46. The smallest absolute Gasteiger partial charge is 0.124 e. The lowest BCUT2D eigenvalue weighted by Gasteiger charge is -2.08. The first-order valence-corrected chi connectivity index (χ1v) is 7.49. The molecule has 1 aliphatic rings. The molecule has 0 radical (unpaired) electrons. The van der Waals surface area contributed by atoms with E-state index in [-0.39, 0.29) is 0 Å². The van der Waals surface area contributed by atoms with Gasteiger partial charge in [-0.3, -0.25) is 0 Å². The molecule has 0 amide bonds. The third kappa shape index (κ3) is 4.02. The lowest BCUT2D eigenvalue weighted by atomic mass is 10.2. The molecule has 1 aromatic carbocycles. The molecular weight excluding hydrogens is 266 g/mol. The van der Waals surface area contributed by atoms with Gasteiger partial charge in [-0.2, -0.15) is 0 Å². The quantitative estimate of drug-likeness (QED) is 0.807. The third-order valence-corrected chi connectivity index (χ3v) is 3.50. The molecule has 112 valence electrons. The average Bonchev–Trinajstić information content (AvgIpc) is 3.23. The van der Waals surface area contributed by atoms with Crippen molar-refractivity contribution in [3.05, 3.63) is 47.9 Å². The Morgan fingerprint density at radius 2 is 1.81 bits per heavy atom. The van der Waals surface area contributed by atoms with E-state index in [0.717, 1.165) is 29.4 Å². The van der Waals surface area contributed by atoms with Crippen LogP contribution in [-0.4, -0.2) is 12.6 Å². The van der Waals surface area contributed by atoms with Gasteiger partial charge in [0.1, 0.15) is 23.9 Å². The van der Waals surface area contributed by atoms with Crippen molar-refractivity contribution in [3.63, 3.8) is 0 Å². The lowest BCUT2D eigenvalue weighted by molar-refractivity contribution is 0.299. The standard InChI is InChI=1S/C17H21NO3/c1-2-19-15-5-7-16(8-6-15)21-12-13-9-10-20-17(13)11-18-14-3-4-14/h5-10,14,18H,2-4,11-12H2,1H3. The van der Waals surface area contributed by atoms with Crippen LogP contribution in [0.4, 0.5) is 0 Å². The predicted molar refractivity (Wildman–Crippen MR) is 80.5 cm³/mol. The lowest BCUT2D eigenvalue weighted by Crippen LogP contribution is -2.16. The maximum atomic E-state index is 5.80. The normalized spacial score (nSPS) is 14.1. The van der Waals surface area contributed by atoms with E-state index in [0.29, 0.717) is 19.3 Å². The van der Waals surface area contributed by atoms with Crippen molar-refractivity contribution in [2.75, 3.05) is 6.61 Å². The van der Waals surface area contributed by atoms with Gasteiger partial charge in [-0.15, -0.1) is 0 Å². The van der Waals surface area contributed by atoms with Gasteiger partial charge in [0.05, 0.1) is 19.4 Å². The number of hydrogen-bond donors (Lipinski definition) is 1. The van der Waals surface area contributed by atoms with Gasteiger partial charge in [-0.1, -0.05) is 0 Å². The van der Waals surface area contributed by atoms with Gasteiger partial charge >= 0.3 is 0 Å². The van der Waals surface area contributed by atoms with E-state index in [1.54, 1.807) is 6.26 Å². The number of rotatable bonds is 8. The van der Waals surface area contributed by atoms with Crippen molar-refractivity contribution in [3.8, 4) is 11.5 Å². The van der Waals surface area contributed by atoms with Crippen molar-refractivity contribution >= 4 is 0 Å². The van der Waals surface area contributed by atoms with Gasteiger partial charge < -0.3 is 19.2 Å². The van der Waals surface area contributed by atoms with Crippen LogP contribution < -0.4 is 14.8 Å². The van der Waals surface area contributed by atoms with Crippen molar-refractivity contribution in [2.45, 2.75) is 39.0 Å². The predicted octanol–water partition coefficient (Wildman–Crippen LogP) is 3.51. The minimum Gasteiger partial charge on any atom is -0.494 e. The molecule has 4 nitrogen and oxygen atoms in total. The fraction of sp³-hybridized carbons (Fsp3) is 0.412. The fourth-order valence-electron chi connectivity index (χ4n) is 2.14. The second-order valence-corrected chi connectivity index (χ2v) is 5.22. The summed E-state index contributed by atoms with van der Waals surface area (Å²) in [6.07, 6.45) is 4.28. The first kappa shape index (κ1) is 14.0. The van der Waals surface area contributed by atoms with Crippen LogP contribution in [0.3, 0.4) is 0 Å². The number of nitrogens with one attached hydrogen (secondary N) is 1. The van der Waals surface area contributed by atoms with Crippen LogP contribution >= 0.6 is 0 Å². The van der Waals surface area contributed by atoms with Crippen molar-refractivity contribution in [1.29, 1.82) is 0 Å². The van der Waals surface area contributed by atoms with Crippen LogP contribution in [0.1, 0.15) is 31.1 Å². The van der Waals surface area contributed by atoms with Crippen LogP contribution in [0, 0.1) is 0 Å². The van der Waals surface area contributed by atoms with Gasteiger partial charge in [0.15, 0.2) is 0 Å². The van der Waals surface area contributed by atoms with Crippen LogP contribution in [0.2, 0.25) is 0 Å². The summed E-state index contributed by atoms with van der Waals surface area (Å²) >= 11 is 0. The summed E-state index contributed by atoms with van der Waals surface area (Å²) in [6, 6.07) is 10.3. The molecule has 1 saturated carbocycles. The Hall–Kier alpha value is -1.94. The maximum Gasteiger partial charge on any atom is 0.124 e. The third-order valence-electron chi connectivity index (χ3n) is 3.50. The number of benzene rings is 1. The molecule has 1 aliphatic carbocycles. The molecule has 2 aromatic rings. The van der Waals surface area contributed by atoms with E-state index in [2.05, 4.69) is 5.32 Å². The van der Waals surface area contributed by atoms with Crippen molar-refractivity contribution in [1.82, 2.24) is 5.32 Å². The molecule has 1 heterocycles. The highest BCUT2D eigenvalue weighted by molar-refractivity contribution is 5.31. The van der Waals surface area contributed by atoms with E-state index >= 15 is 0 Å². The highest BCUT2D eigenvalue weighted by Gasteiger charge is 2.21. The number of furan rings is 1. The van der Waals surface area contributed by atoms with E-state index in [1.165, 1.54) is 12.8 Å². The molecule has 1 aromatic heterocycles. The summed E-state index contributed by atoms with van der Waals surface area (Å²) in [5, 5.41) is 3.45. The Morgan fingerprint density at radius 3 is 2.48 bits per heavy atom. The molecule has 0 saturated heterocycles. The summed E-state index contributed by atoms with van der Waals surface area (Å²) in [5.74, 6) is 2.66. The average molecular weight is 287 g/mol. The molecule has 0 atom stereocenters. The molecule has 3 rings (SSSR count). The van der Waals surface area contributed by atoms with E-state index < -0.39 is 0 Å². The summed E-state index contributed by atoms with van der Waals surface area (Å²) in [7, 11) is 0. The zero-order valence-corrected chi connectivity index (χ0v) is 12.3. The SMILES string of the molecule is CCOc1ccc(OCc2ccoc2CNC2CC2)cc1. The van der Waals surface area contributed by atoms with Gasteiger partial charge in [0.25, 0.3) is 0 Å². The summed E-state index contributed by atoms with van der Waals surface area (Å²) in [4.78, 5) is 0. The van der Waals surface area contributed by atoms with Gasteiger partial charge in [-0.05, 0) is 50.1 Å². The molecule has 1 N–H and O–H groups in total. The Morgan fingerprint density at radius 1 is 1.10 bits per heavy atom. The minimum absolute atomic E-state index is 0.520. The topological polar surface area (TPSA) is 43.6 Å². The van der Waals surface area contributed by atoms with E-state index in [1.807, 2.05) is 37.3 Å². The van der Waals surface area contributed by atoms with Crippen molar-refractivity contribution < 1.29 is 13.9 Å². The summed E-state index contributed by atoms with van der Waals surface area (Å²) in [6.45, 7) is 3.94. The van der Waals surface area contributed by atoms with E-state index in [4.69, 9.17) is 13.9 Å². The largest absolute Gasteiger partial charge is 0.494 e. The number of ether oxygens (including phenoxy) is 2. The van der Waals surface area contributed by atoms with Gasteiger partial charge in [-0.25, -0.2) is 0 Å². The Labute approximate surface area is 125 Å². The number of hydrogen-bond acceptors (Lipinski definition) is 4. The monoisotopic (exact) mass is 287 g/mol. The zero-order chi connectivity index (χ0) is 14.5. The molecule has 21 heavy (non-hydrogen) atoms. The second-order valence-electron chi connectivity index (χ2n) is 5.22. The van der Waals surface area contributed by atoms with Gasteiger partial charge in [0.2, 0.25) is 0 Å². The van der Waals surface area contributed by atoms with Crippen LogP contribution in [0.5, 0.6) is 11.5 Å². The highest BCUT2D eigenvalue weighted by atomic mass is 16.5. The highest BCUT2D eigenvalue weighted by Crippen LogP contribution is 2.22. The van der Waals surface area contributed by atoms with Gasteiger partial charge in [0, 0.05) is 11.6 Å². The Bertz CT molecular complexity index is 558. The first-order valence-electron chi connectivity index (χ1n) is 7.49. The van der Waals surface area contributed by atoms with Crippen molar-refractivity contribution in [2.24, 2.45) is 0 Å². The van der Waals surface area contributed by atoms with E-state index in [9.17, 15) is 0 Å². The van der Waals surface area contributed by atoms with Crippen LogP contribution in [0.15, 0.2) is 41.0 Å². The molecule has 4 heteroatoms. The zero-order valence-electron chi connectivity index (χ0n) is 12.3. The summed E-state index contributed by atoms with van der Waals surface area (Å²) in [5.41, 5.74) is 1.09. The molecule has 1 fully saturated rings. The second kappa shape index (κ2) is 6.68. The molecule has 0 spiro atoms. The fourth-order valence-corrected chi connectivity index (χ4v) is 2.14. The van der Waals surface area contributed by atoms with Crippen LogP contribution in [-0.2, 0) is 13.2 Å². The summed E-state index contributed by atoms with van der Waals surface area (Å²) < 4.78 is 16.7. The van der Waals surface area contributed by atoms with Crippen LogP contribution in [0.25, 0.3) is 0 Å². The minimum atomic E-state index is 0.520.